The third kappa shape index (κ3) is 4.99. The number of nitrogens with one attached hydrogen (secondary N) is 1. The summed E-state index contributed by atoms with van der Waals surface area (Å²) in [6, 6.07) is 10.5. The van der Waals surface area contributed by atoms with Gasteiger partial charge in [-0.05, 0) is 55.5 Å². The van der Waals surface area contributed by atoms with Crippen LogP contribution in [0.15, 0.2) is 45.7 Å². The number of thioether (sulfide) groups is 1. The molecule has 0 saturated carbocycles. The first-order chi connectivity index (χ1) is 10.4. The number of anilines is 1. The van der Waals surface area contributed by atoms with Crippen molar-refractivity contribution in [1.82, 2.24) is 4.90 Å². The summed E-state index contributed by atoms with van der Waals surface area (Å²) < 4.78 is 30.0. The highest BCUT2D eigenvalue weighted by atomic mass is 32.2. The summed E-state index contributed by atoms with van der Waals surface area (Å²) in [4.78, 5) is 2.36. The van der Waals surface area contributed by atoms with Crippen LogP contribution in [0.5, 0.6) is 0 Å². The van der Waals surface area contributed by atoms with Crippen molar-refractivity contribution in [2.24, 2.45) is 0 Å². The van der Waals surface area contributed by atoms with E-state index in [1.807, 2.05) is 31.0 Å². The molecule has 2 rings (SSSR count). The highest BCUT2D eigenvalue weighted by Crippen LogP contribution is 2.26. The molecule has 1 N–H and O–H groups in total. The number of rotatable bonds is 5. The van der Waals surface area contributed by atoms with E-state index in [0.717, 1.165) is 17.2 Å². The first-order valence-corrected chi connectivity index (χ1v) is 7.85. The van der Waals surface area contributed by atoms with Gasteiger partial charge in [0.05, 0.1) is 6.54 Å². The summed E-state index contributed by atoms with van der Waals surface area (Å²) in [7, 11) is 1.86. The lowest BCUT2D eigenvalue weighted by molar-refractivity contribution is 0.252. The molecule has 2 aromatic rings. The molecule has 0 aliphatic heterocycles. The van der Waals surface area contributed by atoms with Crippen molar-refractivity contribution in [2.75, 3.05) is 12.4 Å². The van der Waals surface area contributed by atoms with Crippen molar-refractivity contribution in [3.63, 3.8) is 0 Å². The third-order valence-corrected chi connectivity index (χ3v) is 4.00. The Balaban J connectivity index is 1.90. The molecule has 0 fully saturated rings. The fraction of sp³-hybridized carbons (Fsp3) is 0.267. The zero-order valence-corrected chi connectivity index (χ0v) is 13.8. The Morgan fingerprint density at radius 3 is 2.50 bits per heavy atom. The molecule has 7 heteroatoms. The smallest absolute Gasteiger partial charge is 0.288 e. The number of hydrogen-bond acceptors (Lipinski definition) is 3. The summed E-state index contributed by atoms with van der Waals surface area (Å²) in [5.74, 6) is -0.731. The van der Waals surface area contributed by atoms with Gasteiger partial charge in [-0.15, -0.1) is 0 Å². The molecule has 0 aliphatic carbocycles. The van der Waals surface area contributed by atoms with E-state index in [9.17, 15) is 8.78 Å². The van der Waals surface area contributed by atoms with Crippen LogP contribution >= 0.6 is 24.0 Å². The second-order valence-electron chi connectivity index (χ2n) is 4.70. The predicted molar refractivity (Wildman–Crippen MR) is 89.4 cm³/mol. The zero-order chi connectivity index (χ0) is 16.1. The number of aryl methyl sites for hydroxylation is 1. The topological polar surface area (TPSA) is 28.4 Å². The molecule has 0 bridgehead atoms. The molecule has 0 unspecified atom stereocenters. The minimum Gasteiger partial charge on any atom is -0.464 e. The van der Waals surface area contributed by atoms with Crippen LogP contribution in [0, 0.1) is 6.92 Å². The molecule has 1 heterocycles. The standard InChI is InChI=1S/C15H16F2N2OS2/c1-10-3-6-12(20-10)9-19(2)15(21)18-11-4-7-13(8-5-11)22-14(16)17/h3-8,14H,9H2,1-2H3,(H,18,21). The van der Waals surface area contributed by atoms with Crippen molar-refractivity contribution >= 4 is 34.8 Å². The van der Waals surface area contributed by atoms with Crippen LogP contribution in [-0.2, 0) is 6.54 Å². The number of nitrogens with zero attached hydrogens (tertiary/aromatic N) is 1. The van der Waals surface area contributed by atoms with E-state index in [4.69, 9.17) is 16.6 Å². The summed E-state index contributed by atoms with van der Waals surface area (Å²) in [6.07, 6.45) is 0. The second-order valence-corrected chi connectivity index (χ2v) is 6.15. The fourth-order valence-corrected chi connectivity index (χ4v) is 2.50. The maximum absolute atomic E-state index is 12.3. The van der Waals surface area contributed by atoms with E-state index in [2.05, 4.69) is 5.32 Å². The largest absolute Gasteiger partial charge is 0.464 e. The van der Waals surface area contributed by atoms with Crippen molar-refractivity contribution < 1.29 is 13.2 Å². The Hall–Kier alpha value is -1.60. The van der Waals surface area contributed by atoms with Crippen LogP contribution < -0.4 is 5.32 Å². The van der Waals surface area contributed by atoms with Crippen molar-refractivity contribution in [3.8, 4) is 0 Å². The van der Waals surface area contributed by atoms with Gasteiger partial charge < -0.3 is 14.6 Å². The molecule has 0 spiro atoms. The Bertz CT molecular complexity index is 629. The number of hydrogen-bond donors (Lipinski definition) is 1. The maximum atomic E-state index is 12.3. The molecule has 22 heavy (non-hydrogen) atoms. The van der Waals surface area contributed by atoms with Crippen LogP contribution in [-0.4, -0.2) is 22.8 Å². The Labute approximate surface area is 137 Å². The molecule has 1 aromatic heterocycles. The van der Waals surface area contributed by atoms with Crippen LogP contribution in [0.2, 0.25) is 0 Å². The molecule has 0 saturated heterocycles. The van der Waals surface area contributed by atoms with Gasteiger partial charge in [-0.3, -0.25) is 0 Å². The van der Waals surface area contributed by atoms with Gasteiger partial charge in [0, 0.05) is 17.6 Å². The molecule has 0 atom stereocenters. The van der Waals surface area contributed by atoms with Crippen molar-refractivity contribution in [3.05, 3.63) is 47.9 Å². The van der Waals surface area contributed by atoms with E-state index in [0.29, 0.717) is 28.3 Å². The lowest BCUT2D eigenvalue weighted by atomic mass is 10.3. The molecule has 0 radical (unpaired) electrons. The Morgan fingerprint density at radius 2 is 1.95 bits per heavy atom. The summed E-state index contributed by atoms with van der Waals surface area (Å²) >= 11 is 5.84. The quantitative estimate of drug-likeness (QED) is 0.626. The van der Waals surface area contributed by atoms with Gasteiger partial charge in [-0.2, -0.15) is 8.78 Å². The van der Waals surface area contributed by atoms with Crippen molar-refractivity contribution in [2.45, 2.75) is 24.1 Å². The van der Waals surface area contributed by atoms with Gasteiger partial charge in [-0.1, -0.05) is 11.8 Å². The lowest BCUT2D eigenvalue weighted by Crippen LogP contribution is -2.30. The Morgan fingerprint density at radius 1 is 1.27 bits per heavy atom. The van der Waals surface area contributed by atoms with E-state index in [1.54, 1.807) is 24.3 Å². The van der Waals surface area contributed by atoms with E-state index < -0.39 is 5.76 Å². The molecule has 0 aliphatic rings. The minimum atomic E-state index is -2.41. The van der Waals surface area contributed by atoms with Gasteiger partial charge in [0.1, 0.15) is 11.5 Å². The van der Waals surface area contributed by atoms with Gasteiger partial charge in [0.25, 0.3) is 5.76 Å². The number of furan rings is 1. The molecular formula is C15H16F2N2OS2. The van der Waals surface area contributed by atoms with Crippen LogP contribution in [0.1, 0.15) is 11.5 Å². The zero-order valence-electron chi connectivity index (χ0n) is 12.2. The molecule has 1 aromatic carbocycles. The van der Waals surface area contributed by atoms with Gasteiger partial charge >= 0.3 is 0 Å². The highest BCUT2D eigenvalue weighted by Gasteiger charge is 2.09. The third-order valence-electron chi connectivity index (χ3n) is 2.87. The van der Waals surface area contributed by atoms with Crippen LogP contribution in [0.4, 0.5) is 14.5 Å². The van der Waals surface area contributed by atoms with E-state index in [1.165, 1.54) is 0 Å². The average molecular weight is 342 g/mol. The van der Waals surface area contributed by atoms with Gasteiger partial charge in [0.2, 0.25) is 0 Å². The molecule has 118 valence electrons. The van der Waals surface area contributed by atoms with Crippen LogP contribution in [0.25, 0.3) is 0 Å². The average Bonchev–Trinajstić information content (AvgIpc) is 2.85. The van der Waals surface area contributed by atoms with Gasteiger partial charge in [0.15, 0.2) is 5.11 Å². The first kappa shape index (κ1) is 16.8. The molecular weight excluding hydrogens is 326 g/mol. The summed E-state index contributed by atoms with van der Waals surface area (Å²) in [6.45, 7) is 2.44. The summed E-state index contributed by atoms with van der Waals surface area (Å²) in [5, 5.41) is 3.60. The fourth-order valence-electron chi connectivity index (χ4n) is 1.81. The Kier molecular flexibility index (Phi) is 5.79. The minimum absolute atomic E-state index is 0.519. The number of benzene rings is 1. The SMILES string of the molecule is Cc1ccc(CN(C)C(=S)Nc2ccc(SC(F)F)cc2)o1. The number of thiocarbonyl (C=S) groups is 1. The molecule has 0 amide bonds. The first-order valence-electron chi connectivity index (χ1n) is 6.56. The highest BCUT2D eigenvalue weighted by molar-refractivity contribution is 7.99. The number of alkyl halides is 2. The van der Waals surface area contributed by atoms with Crippen LogP contribution in [0.3, 0.4) is 0 Å². The second kappa shape index (κ2) is 7.60. The van der Waals surface area contributed by atoms with E-state index in [-0.39, 0.29) is 0 Å². The normalized spacial score (nSPS) is 10.8. The predicted octanol–water partition coefficient (Wildman–Crippen LogP) is 4.73. The summed E-state index contributed by atoms with van der Waals surface area (Å²) in [5.41, 5.74) is 0.756. The van der Waals surface area contributed by atoms with Gasteiger partial charge in [-0.25, -0.2) is 0 Å². The monoisotopic (exact) mass is 342 g/mol. The lowest BCUT2D eigenvalue weighted by Gasteiger charge is -2.20. The maximum Gasteiger partial charge on any atom is 0.288 e. The van der Waals surface area contributed by atoms with Crippen molar-refractivity contribution in [1.29, 1.82) is 0 Å². The number of halogens is 2. The van der Waals surface area contributed by atoms with E-state index >= 15 is 0 Å². The molecule has 3 nitrogen and oxygen atoms in total.